The molecule has 0 aliphatic heterocycles. The van der Waals surface area contributed by atoms with Crippen molar-refractivity contribution in [2.45, 2.75) is 91.7 Å². The number of hydrogen-bond acceptors (Lipinski definition) is 9. The predicted octanol–water partition coefficient (Wildman–Crippen LogP) is 4.82. The highest BCUT2D eigenvalue weighted by Crippen LogP contribution is 2.37. The largest absolute Gasteiger partial charge is 0.508 e. The zero-order valence-corrected chi connectivity index (χ0v) is 22.7. The highest BCUT2D eigenvalue weighted by molar-refractivity contribution is 5.77. The zero-order valence-electron chi connectivity index (χ0n) is 22.7. The zero-order chi connectivity index (χ0) is 28.1. The third kappa shape index (κ3) is 10.4. The molecule has 3 N–H and O–H groups in total. The molecule has 5 atom stereocenters. The summed E-state index contributed by atoms with van der Waals surface area (Å²) >= 11 is 0. The van der Waals surface area contributed by atoms with Gasteiger partial charge < -0.3 is 29.8 Å². The van der Waals surface area contributed by atoms with E-state index in [0.717, 1.165) is 6.42 Å². The molecule has 208 valence electrons. The first-order chi connectivity index (χ1) is 17.4. The maximum Gasteiger partial charge on any atom is 0.508 e. The molecule has 1 aromatic rings. The Kier molecular flexibility index (Phi) is 13.7. The van der Waals surface area contributed by atoms with Gasteiger partial charge in [-0.3, -0.25) is 14.4 Å². The SMILES string of the molecule is CCCC(=O)Oc1ccc(C(C(C)C(C)OC(=O)OCC(C)CC)[C@H](N)C(=O)O)cc1OC(=O)CCC. The van der Waals surface area contributed by atoms with Crippen LogP contribution in [0.1, 0.15) is 85.1 Å². The molecule has 0 aliphatic rings. The maximum absolute atomic E-state index is 12.2. The summed E-state index contributed by atoms with van der Waals surface area (Å²) in [5, 5.41) is 9.70. The number of aliphatic carboxylic acids is 1. The van der Waals surface area contributed by atoms with Gasteiger partial charge in [-0.15, -0.1) is 0 Å². The molecule has 0 aromatic heterocycles. The highest BCUT2D eigenvalue weighted by atomic mass is 16.7. The number of ether oxygens (including phenoxy) is 4. The van der Waals surface area contributed by atoms with Crippen LogP contribution < -0.4 is 15.2 Å². The van der Waals surface area contributed by atoms with Gasteiger partial charge in [-0.1, -0.05) is 47.1 Å². The fourth-order valence-electron chi connectivity index (χ4n) is 3.56. The lowest BCUT2D eigenvalue weighted by atomic mass is 9.79. The van der Waals surface area contributed by atoms with Crippen molar-refractivity contribution in [1.29, 1.82) is 0 Å². The van der Waals surface area contributed by atoms with Crippen molar-refractivity contribution in [3.8, 4) is 11.5 Å². The number of benzene rings is 1. The quantitative estimate of drug-likeness (QED) is 0.242. The average molecular weight is 524 g/mol. The molecule has 4 unspecified atom stereocenters. The third-order valence-electron chi connectivity index (χ3n) is 6.15. The van der Waals surface area contributed by atoms with Crippen molar-refractivity contribution < 1.29 is 43.2 Å². The number of rotatable bonds is 15. The Labute approximate surface area is 218 Å². The molecule has 1 aromatic carbocycles. The lowest BCUT2D eigenvalue weighted by molar-refractivity contribution is -0.140. The summed E-state index contributed by atoms with van der Waals surface area (Å²) in [4.78, 5) is 48.4. The second kappa shape index (κ2) is 15.9. The van der Waals surface area contributed by atoms with Gasteiger partial charge in [0.15, 0.2) is 11.5 Å². The molecule has 0 radical (unpaired) electrons. The summed E-state index contributed by atoms with van der Waals surface area (Å²) in [6, 6.07) is 3.08. The second-order valence-corrected chi connectivity index (χ2v) is 9.30. The van der Waals surface area contributed by atoms with E-state index in [9.17, 15) is 24.3 Å². The van der Waals surface area contributed by atoms with Crippen LogP contribution in [0.2, 0.25) is 0 Å². The second-order valence-electron chi connectivity index (χ2n) is 9.30. The van der Waals surface area contributed by atoms with E-state index >= 15 is 0 Å². The first kappa shape index (κ1) is 31.9. The lowest BCUT2D eigenvalue weighted by Crippen LogP contribution is -2.42. The first-order valence-corrected chi connectivity index (χ1v) is 12.8. The van der Waals surface area contributed by atoms with Crippen LogP contribution in [0.15, 0.2) is 18.2 Å². The van der Waals surface area contributed by atoms with E-state index in [1.165, 1.54) is 12.1 Å². The fourth-order valence-corrected chi connectivity index (χ4v) is 3.56. The Morgan fingerprint density at radius 2 is 1.49 bits per heavy atom. The van der Waals surface area contributed by atoms with Crippen molar-refractivity contribution in [3.63, 3.8) is 0 Å². The molecular weight excluding hydrogens is 482 g/mol. The molecule has 10 nitrogen and oxygen atoms in total. The molecule has 10 heteroatoms. The summed E-state index contributed by atoms with van der Waals surface area (Å²) in [5.74, 6) is -3.50. The average Bonchev–Trinajstić information content (AvgIpc) is 2.84. The van der Waals surface area contributed by atoms with E-state index in [4.69, 9.17) is 24.7 Å². The standard InChI is InChI=1S/C27H41NO9/c1-7-10-22(29)36-20-13-12-19(14-21(20)37-23(30)11-8-2)24(25(28)26(31)32)17(5)18(6)35-27(33)34-15-16(4)9-3/h12-14,16-18,24-25H,7-11,15,28H2,1-6H3,(H,31,32)/t16?,17?,18?,24?,25-/m0/s1. The van der Waals surface area contributed by atoms with Crippen LogP contribution in [0.5, 0.6) is 11.5 Å². The van der Waals surface area contributed by atoms with E-state index in [-0.39, 0.29) is 36.9 Å². The summed E-state index contributed by atoms with van der Waals surface area (Å²) in [5.41, 5.74) is 6.49. The van der Waals surface area contributed by atoms with Gasteiger partial charge in [-0.05, 0) is 43.4 Å². The van der Waals surface area contributed by atoms with Crippen molar-refractivity contribution in [2.75, 3.05) is 6.61 Å². The number of esters is 2. The molecule has 0 saturated heterocycles. The summed E-state index contributed by atoms with van der Waals surface area (Å²) < 4.78 is 21.4. The van der Waals surface area contributed by atoms with Crippen molar-refractivity contribution >= 4 is 24.1 Å². The number of carbonyl (C=O) groups excluding carboxylic acids is 3. The normalized spacial score (nSPS) is 15.0. The van der Waals surface area contributed by atoms with E-state index in [0.29, 0.717) is 18.4 Å². The minimum absolute atomic E-state index is 0.0169. The van der Waals surface area contributed by atoms with Gasteiger partial charge in [0.25, 0.3) is 0 Å². The van der Waals surface area contributed by atoms with Crippen LogP contribution in [0.4, 0.5) is 4.79 Å². The number of nitrogens with two attached hydrogens (primary N) is 1. The summed E-state index contributed by atoms with van der Waals surface area (Å²) in [6.07, 6.45) is 0.675. The summed E-state index contributed by atoms with van der Waals surface area (Å²) in [7, 11) is 0. The van der Waals surface area contributed by atoms with E-state index in [2.05, 4.69) is 0 Å². The molecule has 0 saturated carbocycles. The van der Waals surface area contributed by atoms with Gasteiger partial charge in [0.2, 0.25) is 0 Å². The topological polar surface area (TPSA) is 151 Å². The Morgan fingerprint density at radius 1 is 0.919 bits per heavy atom. The molecule has 0 amide bonds. The van der Waals surface area contributed by atoms with E-state index in [1.807, 2.05) is 27.7 Å². The van der Waals surface area contributed by atoms with Crippen LogP contribution in [-0.2, 0) is 23.9 Å². The minimum atomic E-state index is -1.37. The Bertz CT molecular complexity index is 917. The van der Waals surface area contributed by atoms with Crippen molar-refractivity contribution in [1.82, 2.24) is 0 Å². The van der Waals surface area contributed by atoms with Gasteiger partial charge >= 0.3 is 24.1 Å². The molecule has 1 rings (SSSR count). The van der Waals surface area contributed by atoms with E-state index < -0.39 is 48.0 Å². The maximum atomic E-state index is 12.2. The van der Waals surface area contributed by atoms with Crippen molar-refractivity contribution in [2.24, 2.45) is 17.6 Å². The highest BCUT2D eigenvalue weighted by Gasteiger charge is 2.36. The van der Waals surface area contributed by atoms with Gasteiger partial charge in [0.05, 0.1) is 6.61 Å². The van der Waals surface area contributed by atoms with Crippen LogP contribution in [0.25, 0.3) is 0 Å². The fraction of sp³-hybridized carbons (Fsp3) is 0.630. The molecule has 0 bridgehead atoms. The minimum Gasteiger partial charge on any atom is -0.480 e. The Hall–Kier alpha value is -3.14. The monoisotopic (exact) mass is 523 g/mol. The lowest BCUT2D eigenvalue weighted by Gasteiger charge is -2.31. The Balaban J connectivity index is 3.31. The van der Waals surface area contributed by atoms with Gasteiger partial charge in [0.1, 0.15) is 12.1 Å². The van der Waals surface area contributed by atoms with Crippen LogP contribution >= 0.6 is 0 Å². The number of carboxylic acid groups (broad SMARTS) is 1. The predicted molar refractivity (Wildman–Crippen MR) is 136 cm³/mol. The molecule has 0 fully saturated rings. The Morgan fingerprint density at radius 3 is 2.00 bits per heavy atom. The van der Waals surface area contributed by atoms with Crippen LogP contribution in [-0.4, -0.2) is 47.9 Å². The number of carboxylic acids is 1. The molecule has 37 heavy (non-hydrogen) atoms. The summed E-state index contributed by atoms with van der Waals surface area (Å²) in [6.45, 7) is 11.1. The third-order valence-corrected chi connectivity index (χ3v) is 6.15. The number of carbonyl (C=O) groups is 4. The van der Waals surface area contributed by atoms with Crippen LogP contribution in [0, 0.1) is 11.8 Å². The molecule has 0 heterocycles. The first-order valence-electron chi connectivity index (χ1n) is 12.8. The molecule has 0 spiro atoms. The van der Waals surface area contributed by atoms with Gasteiger partial charge in [-0.2, -0.15) is 0 Å². The number of hydrogen-bond donors (Lipinski definition) is 2. The van der Waals surface area contributed by atoms with Crippen LogP contribution in [0.3, 0.4) is 0 Å². The smallest absolute Gasteiger partial charge is 0.480 e. The van der Waals surface area contributed by atoms with E-state index in [1.54, 1.807) is 19.9 Å². The molecular formula is C27H41NO9. The van der Waals surface area contributed by atoms with Crippen molar-refractivity contribution in [3.05, 3.63) is 23.8 Å². The van der Waals surface area contributed by atoms with Gasteiger partial charge in [-0.25, -0.2) is 4.79 Å². The van der Waals surface area contributed by atoms with Gasteiger partial charge in [0, 0.05) is 24.7 Å². The molecule has 0 aliphatic carbocycles.